The normalized spacial score (nSPS) is 12.5. The zero-order valence-corrected chi connectivity index (χ0v) is 46.2. The summed E-state index contributed by atoms with van der Waals surface area (Å²) in [5.74, 6) is 1.72. The van der Waals surface area contributed by atoms with Gasteiger partial charge in [0, 0.05) is 19.3 Å². The average Bonchev–Trinajstić information content (AvgIpc) is 3.30. The molecule has 0 aliphatic heterocycles. The molecule has 0 aliphatic rings. The molecule has 0 rings (SSSR count). The van der Waals surface area contributed by atoms with Gasteiger partial charge >= 0.3 is 17.9 Å². The number of hydrogen-bond donors (Lipinski definition) is 0. The van der Waals surface area contributed by atoms with Crippen molar-refractivity contribution in [2.24, 2.45) is 17.8 Å². The predicted octanol–water partition coefficient (Wildman–Crippen LogP) is 19.9. The van der Waals surface area contributed by atoms with Gasteiger partial charge in [-0.25, -0.2) is 0 Å². The fraction of sp³-hybridized carbons (Fsp3) is 0.951. The van der Waals surface area contributed by atoms with E-state index in [1.54, 1.807) is 0 Å². The standard InChI is InChI=1S/C61H118O6/c1-7-57(6)49-43-37-31-25-18-14-11-12-15-19-26-32-38-44-50-59(62)65-53-58(54-66-60(63)51-45-39-33-27-22-21-24-30-36-42-48-56(4)5)67-61(64)52-46-40-34-28-20-16-10-8-9-13-17-23-29-35-41-47-55(2)3/h55-58H,7-54H2,1-6H3/t57?,58-/m1/s1. The van der Waals surface area contributed by atoms with Crippen LogP contribution in [0, 0.1) is 17.8 Å². The van der Waals surface area contributed by atoms with E-state index in [9.17, 15) is 14.4 Å². The summed E-state index contributed by atoms with van der Waals surface area (Å²) in [6.45, 7) is 13.8. The molecule has 6 heteroatoms. The number of carbonyl (C=O) groups is 3. The van der Waals surface area contributed by atoms with E-state index in [1.807, 2.05) is 0 Å². The molecule has 0 aromatic heterocycles. The van der Waals surface area contributed by atoms with Crippen molar-refractivity contribution >= 4 is 17.9 Å². The Kier molecular flexibility index (Phi) is 51.0. The van der Waals surface area contributed by atoms with Gasteiger partial charge in [0.15, 0.2) is 6.10 Å². The third kappa shape index (κ3) is 53.6. The smallest absolute Gasteiger partial charge is 0.306 e. The third-order valence-corrected chi connectivity index (χ3v) is 14.3. The first-order valence-electron chi connectivity index (χ1n) is 30.1. The van der Waals surface area contributed by atoms with Gasteiger partial charge in [-0.1, -0.05) is 298 Å². The molecule has 2 atom stereocenters. The van der Waals surface area contributed by atoms with Crippen LogP contribution in [0.1, 0.15) is 337 Å². The number of ether oxygens (including phenoxy) is 3. The maximum Gasteiger partial charge on any atom is 0.306 e. The largest absolute Gasteiger partial charge is 0.462 e. The van der Waals surface area contributed by atoms with Crippen molar-refractivity contribution in [3.8, 4) is 0 Å². The summed E-state index contributed by atoms with van der Waals surface area (Å²) in [7, 11) is 0. The highest BCUT2D eigenvalue weighted by molar-refractivity contribution is 5.71. The lowest BCUT2D eigenvalue weighted by Crippen LogP contribution is -2.30. The number of esters is 3. The van der Waals surface area contributed by atoms with E-state index in [4.69, 9.17) is 14.2 Å². The second-order valence-electron chi connectivity index (χ2n) is 22.2. The van der Waals surface area contributed by atoms with Crippen LogP contribution in [-0.2, 0) is 28.6 Å². The van der Waals surface area contributed by atoms with Gasteiger partial charge in [0.25, 0.3) is 0 Å². The van der Waals surface area contributed by atoms with Gasteiger partial charge in [0.05, 0.1) is 0 Å². The van der Waals surface area contributed by atoms with Crippen molar-refractivity contribution < 1.29 is 28.6 Å². The minimum atomic E-state index is -0.764. The molecule has 0 bridgehead atoms. The van der Waals surface area contributed by atoms with Crippen molar-refractivity contribution in [2.45, 2.75) is 343 Å². The van der Waals surface area contributed by atoms with Gasteiger partial charge in [-0.2, -0.15) is 0 Å². The highest BCUT2D eigenvalue weighted by atomic mass is 16.6. The van der Waals surface area contributed by atoms with E-state index in [1.165, 1.54) is 218 Å². The third-order valence-electron chi connectivity index (χ3n) is 14.3. The minimum Gasteiger partial charge on any atom is -0.462 e. The Morgan fingerprint density at radius 3 is 0.776 bits per heavy atom. The lowest BCUT2D eigenvalue weighted by molar-refractivity contribution is -0.167. The second kappa shape index (κ2) is 52.2. The summed E-state index contributed by atoms with van der Waals surface area (Å²) in [5.41, 5.74) is 0. The molecule has 0 aromatic carbocycles. The quantitative estimate of drug-likeness (QED) is 0.0343. The maximum absolute atomic E-state index is 12.9. The summed E-state index contributed by atoms with van der Waals surface area (Å²) in [6.07, 6.45) is 55.2. The summed E-state index contributed by atoms with van der Waals surface area (Å²) in [6, 6.07) is 0. The molecule has 0 saturated carbocycles. The van der Waals surface area contributed by atoms with Gasteiger partial charge in [-0.3, -0.25) is 14.4 Å². The zero-order valence-electron chi connectivity index (χ0n) is 46.2. The molecule has 0 N–H and O–H groups in total. The van der Waals surface area contributed by atoms with Crippen molar-refractivity contribution in [1.82, 2.24) is 0 Å². The molecule has 0 amide bonds. The lowest BCUT2D eigenvalue weighted by atomic mass is 9.99. The first-order chi connectivity index (χ1) is 32.6. The molecule has 6 nitrogen and oxygen atoms in total. The Morgan fingerprint density at radius 1 is 0.299 bits per heavy atom. The van der Waals surface area contributed by atoms with Gasteiger partial charge in [0.1, 0.15) is 13.2 Å². The van der Waals surface area contributed by atoms with Crippen LogP contribution < -0.4 is 0 Å². The second-order valence-corrected chi connectivity index (χ2v) is 22.2. The van der Waals surface area contributed by atoms with E-state index in [2.05, 4.69) is 41.5 Å². The molecular formula is C61H118O6. The number of hydrogen-bond acceptors (Lipinski definition) is 6. The fourth-order valence-electron chi connectivity index (χ4n) is 9.32. The summed E-state index contributed by atoms with van der Waals surface area (Å²) >= 11 is 0. The van der Waals surface area contributed by atoms with E-state index >= 15 is 0 Å². The van der Waals surface area contributed by atoms with Crippen molar-refractivity contribution in [1.29, 1.82) is 0 Å². The Balaban J connectivity index is 4.29. The van der Waals surface area contributed by atoms with Crippen LogP contribution in [0.4, 0.5) is 0 Å². The first kappa shape index (κ1) is 65.4. The lowest BCUT2D eigenvalue weighted by Gasteiger charge is -2.18. The van der Waals surface area contributed by atoms with Gasteiger partial charge in [0.2, 0.25) is 0 Å². The van der Waals surface area contributed by atoms with Crippen LogP contribution >= 0.6 is 0 Å². The Hall–Kier alpha value is -1.59. The highest BCUT2D eigenvalue weighted by Crippen LogP contribution is 2.19. The van der Waals surface area contributed by atoms with Crippen LogP contribution in [-0.4, -0.2) is 37.2 Å². The molecule has 398 valence electrons. The van der Waals surface area contributed by atoms with Crippen molar-refractivity contribution in [2.75, 3.05) is 13.2 Å². The molecule has 0 heterocycles. The topological polar surface area (TPSA) is 78.9 Å². The van der Waals surface area contributed by atoms with E-state index < -0.39 is 6.10 Å². The molecule has 1 unspecified atom stereocenters. The minimum absolute atomic E-state index is 0.0632. The Labute approximate surface area is 418 Å². The number of carbonyl (C=O) groups excluding carboxylic acids is 3. The van der Waals surface area contributed by atoms with E-state index in [-0.39, 0.29) is 31.1 Å². The molecule has 67 heavy (non-hydrogen) atoms. The van der Waals surface area contributed by atoms with E-state index in [0.29, 0.717) is 19.3 Å². The SMILES string of the molecule is CCC(C)CCCCCCCCCCCCCCCCC(=O)OC[C@H](COC(=O)CCCCCCCCCCCCC(C)C)OC(=O)CCCCCCCCCCCCCCCCCC(C)C. The fourth-order valence-corrected chi connectivity index (χ4v) is 9.32. The highest BCUT2D eigenvalue weighted by Gasteiger charge is 2.19. The zero-order chi connectivity index (χ0) is 49.1. The maximum atomic E-state index is 12.9. The van der Waals surface area contributed by atoms with Crippen LogP contribution in [0.15, 0.2) is 0 Å². The number of unbranched alkanes of at least 4 members (excludes halogenated alkanes) is 36. The molecule has 0 fully saturated rings. The van der Waals surface area contributed by atoms with Crippen LogP contribution in [0.3, 0.4) is 0 Å². The first-order valence-corrected chi connectivity index (χ1v) is 30.1. The van der Waals surface area contributed by atoms with Crippen LogP contribution in [0.2, 0.25) is 0 Å². The van der Waals surface area contributed by atoms with Gasteiger partial charge < -0.3 is 14.2 Å². The molecule has 0 aromatic rings. The van der Waals surface area contributed by atoms with Crippen molar-refractivity contribution in [3.05, 3.63) is 0 Å². The molecule has 0 radical (unpaired) electrons. The number of rotatable bonds is 54. The molecule has 0 saturated heterocycles. The van der Waals surface area contributed by atoms with Crippen molar-refractivity contribution in [3.63, 3.8) is 0 Å². The van der Waals surface area contributed by atoms with Crippen LogP contribution in [0.5, 0.6) is 0 Å². The summed E-state index contributed by atoms with van der Waals surface area (Å²) in [5, 5.41) is 0. The molecular weight excluding hydrogens is 829 g/mol. The van der Waals surface area contributed by atoms with Gasteiger partial charge in [-0.05, 0) is 37.0 Å². The Bertz CT molecular complexity index is 1040. The Morgan fingerprint density at radius 2 is 0.522 bits per heavy atom. The average molecular weight is 948 g/mol. The summed E-state index contributed by atoms with van der Waals surface area (Å²) < 4.78 is 16.9. The molecule has 0 aliphatic carbocycles. The molecule has 0 spiro atoms. The summed E-state index contributed by atoms with van der Waals surface area (Å²) in [4.78, 5) is 38.2. The predicted molar refractivity (Wildman–Crippen MR) is 289 cm³/mol. The monoisotopic (exact) mass is 947 g/mol. The van der Waals surface area contributed by atoms with E-state index in [0.717, 1.165) is 75.5 Å². The van der Waals surface area contributed by atoms with Gasteiger partial charge in [-0.15, -0.1) is 0 Å². The van der Waals surface area contributed by atoms with Crippen LogP contribution in [0.25, 0.3) is 0 Å².